The monoisotopic (exact) mass is 431 g/mol. The van der Waals surface area contributed by atoms with Gasteiger partial charge in [0.1, 0.15) is 6.61 Å². The number of hydrogen-bond donors (Lipinski definition) is 0. The Hall–Kier alpha value is -3.81. The third-order valence-corrected chi connectivity index (χ3v) is 6.43. The lowest BCUT2D eigenvalue weighted by atomic mass is 9.85. The van der Waals surface area contributed by atoms with Gasteiger partial charge in [0, 0.05) is 11.6 Å². The number of imide groups is 1. The van der Waals surface area contributed by atoms with Gasteiger partial charge >= 0.3 is 5.69 Å². The SMILES string of the molecule is Cc1cccc(COc2ccc(C=NN3C(=O)C4C5C=CC(C5)C4C3=O)cc2[N+](=O)[O-])c1. The Bertz CT molecular complexity index is 1160. The molecule has 2 aromatic carbocycles. The van der Waals surface area contributed by atoms with E-state index in [4.69, 9.17) is 4.74 Å². The zero-order chi connectivity index (χ0) is 22.4. The zero-order valence-electron chi connectivity index (χ0n) is 17.4. The molecule has 2 fully saturated rings. The average molecular weight is 431 g/mol. The number of allylic oxidation sites excluding steroid dienone is 2. The van der Waals surface area contributed by atoms with Crippen LogP contribution in [0.3, 0.4) is 0 Å². The number of nitrogens with zero attached hydrogens (tertiary/aromatic N) is 3. The van der Waals surface area contributed by atoms with Gasteiger partial charge in [-0.25, -0.2) is 0 Å². The number of amides is 2. The van der Waals surface area contributed by atoms with Crippen LogP contribution >= 0.6 is 0 Å². The molecule has 4 atom stereocenters. The molecule has 2 aromatic rings. The number of nitro benzene ring substituents is 1. The molecule has 1 heterocycles. The Balaban J connectivity index is 1.33. The van der Waals surface area contributed by atoms with E-state index < -0.39 is 4.92 Å². The first-order chi connectivity index (χ1) is 15.4. The summed E-state index contributed by atoms with van der Waals surface area (Å²) in [4.78, 5) is 36.5. The van der Waals surface area contributed by atoms with E-state index in [-0.39, 0.29) is 53.5 Å². The van der Waals surface area contributed by atoms with E-state index in [9.17, 15) is 19.7 Å². The lowest BCUT2D eigenvalue weighted by molar-refractivity contribution is -0.385. The van der Waals surface area contributed by atoms with Gasteiger partial charge < -0.3 is 4.74 Å². The number of nitro groups is 1. The maximum absolute atomic E-state index is 12.7. The summed E-state index contributed by atoms with van der Waals surface area (Å²) in [5, 5.41) is 16.6. The van der Waals surface area contributed by atoms with Crippen LogP contribution in [0.25, 0.3) is 0 Å². The van der Waals surface area contributed by atoms with Crippen LogP contribution in [-0.4, -0.2) is 28.0 Å². The van der Waals surface area contributed by atoms with Crippen molar-refractivity contribution in [2.75, 3.05) is 0 Å². The largest absolute Gasteiger partial charge is 0.482 e. The van der Waals surface area contributed by atoms with Crippen LogP contribution < -0.4 is 4.74 Å². The number of rotatable bonds is 6. The molecule has 2 aliphatic carbocycles. The zero-order valence-corrected chi connectivity index (χ0v) is 17.4. The van der Waals surface area contributed by atoms with Crippen molar-refractivity contribution in [3.05, 3.63) is 81.4 Å². The van der Waals surface area contributed by atoms with Gasteiger partial charge in [0.25, 0.3) is 11.8 Å². The predicted octanol–water partition coefficient (Wildman–Crippen LogP) is 3.62. The molecule has 3 aliphatic rings. The molecule has 32 heavy (non-hydrogen) atoms. The van der Waals surface area contributed by atoms with E-state index in [1.54, 1.807) is 6.07 Å². The maximum atomic E-state index is 12.7. The molecule has 0 radical (unpaired) electrons. The van der Waals surface area contributed by atoms with Crippen molar-refractivity contribution in [1.82, 2.24) is 5.01 Å². The molecule has 0 N–H and O–H groups in total. The summed E-state index contributed by atoms with van der Waals surface area (Å²) < 4.78 is 5.68. The number of fused-ring (bicyclic) bond motifs is 5. The molecule has 5 rings (SSSR count). The van der Waals surface area contributed by atoms with E-state index >= 15 is 0 Å². The summed E-state index contributed by atoms with van der Waals surface area (Å²) in [6.07, 6.45) is 6.19. The molecule has 0 spiro atoms. The number of hydrogen-bond acceptors (Lipinski definition) is 6. The molecule has 1 saturated carbocycles. The smallest absolute Gasteiger partial charge is 0.311 e. The molecule has 1 saturated heterocycles. The standard InChI is InChI=1S/C24H21N3O5/c1-14-3-2-4-16(9-14)13-32-20-8-5-15(10-19(20)27(30)31)12-25-26-23(28)21-17-6-7-18(11-17)22(21)24(26)29/h2-10,12,17-18,21-22H,11,13H2,1H3. The third-order valence-electron chi connectivity index (χ3n) is 6.43. The second kappa shape index (κ2) is 7.71. The topological polar surface area (TPSA) is 102 Å². The van der Waals surface area contributed by atoms with Crippen molar-refractivity contribution in [3.8, 4) is 5.75 Å². The summed E-state index contributed by atoms with van der Waals surface area (Å²) in [7, 11) is 0. The summed E-state index contributed by atoms with van der Waals surface area (Å²) in [5.74, 6) is -0.900. The van der Waals surface area contributed by atoms with E-state index in [2.05, 4.69) is 5.10 Å². The second-order valence-electron chi connectivity index (χ2n) is 8.49. The first kappa shape index (κ1) is 20.1. The molecule has 2 bridgehead atoms. The normalized spacial score (nSPS) is 25.7. The van der Waals surface area contributed by atoms with Crippen molar-refractivity contribution >= 4 is 23.7 Å². The van der Waals surface area contributed by atoms with Gasteiger partial charge in [0.2, 0.25) is 0 Å². The summed E-state index contributed by atoms with van der Waals surface area (Å²) in [6.45, 7) is 2.16. The highest BCUT2D eigenvalue weighted by molar-refractivity contribution is 6.06. The fourth-order valence-electron chi connectivity index (χ4n) is 4.97. The average Bonchev–Trinajstić information content (AvgIpc) is 3.45. The highest BCUT2D eigenvalue weighted by atomic mass is 16.6. The Kier molecular flexibility index (Phi) is 4.84. The van der Waals surface area contributed by atoms with Gasteiger partial charge in [-0.2, -0.15) is 10.1 Å². The fourth-order valence-corrected chi connectivity index (χ4v) is 4.97. The Morgan fingerprint density at radius 1 is 1.12 bits per heavy atom. The maximum Gasteiger partial charge on any atom is 0.311 e. The number of benzene rings is 2. The molecule has 4 unspecified atom stereocenters. The van der Waals surface area contributed by atoms with Crippen LogP contribution in [0.2, 0.25) is 0 Å². The predicted molar refractivity (Wildman–Crippen MR) is 116 cm³/mol. The van der Waals surface area contributed by atoms with Crippen molar-refractivity contribution in [2.24, 2.45) is 28.8 Å². The first-order valence-electron chi connectivity index (χ1n) is 10.5. The molecule has 8 nitrogen and oxygen atoms in total. The molecule has 8 heteroatoms. The van der Waals surface area contributed by atoms with Gasteiger partial charge in [0.05, 0.1) is 23.0 Å². The van der Waals surface area contributed by atoms with E-state index in [0.717, 1.165) is 22.6 Å². The van der Waals surface area contributed by atoms with Crippen LogP contribution in [0.1, 0.15) is 23.1 Å². The van der Waals surface area contributed by atoms with Crippen LogP contribution in [0.5, 0.6) is 5.75 Å². The van der Waals surface area contributed by atoms with Gasteiger partial charge in [-0.15, -0.1) is 0 Å². The highest BCUT2D eigenvalue weighted by Gasteiger charge is 2.59. The van der Waals surface area contributed by atoms with Crippen LogP contribution in [0.15, 0.2) is 59.7 Å². The summed E-state index contributed by atoms with van der Waals surface area (Å²) >= 11 is 0. The van der Waals surface area contributed by atoms with Gasteiger partial charge in [-0.1, -0.05) is 42.0 Å². The first-order valence-corrected chi connectivity index (χ1v) is 10.5. The molecule has 162 valence electrons. The fraction of sp³-hybridized carbons (Fsp3) is 0.292. The molecular formula is C24H21N3O5. The van der Waals surface area contributed by atoms with E-state index in [1.165, 1.54) is 18.3 Å². The van der Waals surface area contributed by atoms with E-state index in [1.807, 2.05) is 43.3 Å². The van der Waals surface area contributed by atoms with Gasteiger partial charge in [-0.3, -0.25) is 19.7 Å². The van der Waals surface area contributed by atoms with Gasteiger partial charge in [-0.05, 0) is 42.9 Å². The number of hydrazone groups is 1. The molecular weight excluding hydrogens is 410 g/mol. The van der Waals surface area contributed by atoms with Crippen LogP contribution in [0, 0.1) is 40.7 Å². The molecule has 2 amide bonds. The van der Waals surface area contributed by atoms with Crippen molar-refractivity contribution in [2.45, 2.75) is 20.0 Å². The molecule has 1 aliphatic heterocycles. The quantitative estimate of drug-likeness (QED) is 0.229. The number of ether oxygens (including phenoxy) is 1. The minimum atomic E-state index is -0.525. The number of carbonyl (C=O) groups is 2. The number of aryl methyl sites for hydroxylation is 1. The number of carbonyl (C=O) groups excluding carboxylic acids is 2. The summed E-state index contributed by atoms with van der Waals surface area (Å²) in [6, 6.07) is 12.1. The molecule has 0 aromatic heterocycles. The Morgan fingerprint density at radius 3 is 2.50 bits per heavy atom. The minimum absolute atomic E-state index is 0.104. The summed E-state index contributed by atoms with van der Waals surface area (Å²) in [5.41, 5.74) is 2.18. The highest BCUT2D eigenvalue weighted by Crippen LogP contribution is 2.52. The Labute approximate surface area is 184 Å². The van der Waals surface area contributed by atoms with Crippen molar-refractivity contribution in [1.29, 1.82) is 0 Å². The van der Waals surface area contributed by atoms with Crippen molar-refractivity contribution < 1.29 is 19.2 Å². The van der Waals surface area contributed by atoms with Crippen LogP contribution in [0.4, 0.5) is 5.69 Å². The van der Waals surface area contributed by atoms with Gasteiger partial charge in [0.15, 0.2) is 5.75 Å². The van der Waals surface area contributed by atoms with E-state index in [0.29, 0.717) is 5.56 Å². The lowest BCUT2D eigenvalue weighted by Crippen LogP contribution is -2.28. The van der Waals surface area contributed by atoms with Crippen molar-refractivity contribution in [3.63, 3.8) is 0 Å². The third kappa shape index (κ3) is 3.37. The second-order valence-corrected chi connectivity index (χ2v) is 8.49. The van der Waals surface area contributed by atoms with Crippen LogP contribution in [-0.2, 0) is 16.2 Å². The Morgan fingerprint density at radius 2 is 1.84 bits per heavy atom. The minimum Gasteiger partial charge on any atom is -0.482 e. The lowest BCUT2D eigenvalue weighted by Gasteiger charge is -2.13.